The molecule has 0 unspecified atom stereocenters. The van der Waals surface area contributed by atoms with Gasteiger partial charge in [0, 0.05) is 31.9 Å². The maximum atomic E-state index is 13.8. The lowest BCUT2D eigenvalue weighted by molar-refractivity contribution is 0.386. The highest BCUT2D eigenvalue weighted by Gasteiger charge is 2.24. The van der Waals surface area contributed by atoms with Gasteiger partial charge in [0.15, 0.2) is 0 Å². The van der Waals surface area contributed by atoms with Crippen molar-refractivity contribution in [2.75, 3.05) is 31.1 Å². The first-order valence-electron chi connectivity index (χ1n) is 18.4. The highest BCUT2D eigenvalue weighted by Crippen LogP contribution is 2.28. The van der Waals surface area contributed by atoms with Crippen LogP contribution in [0.5, 0.6) is 0 Å². The van der Waals surface area contributed by atoms with Crippen LogP contribution >= 0.6 is 11.3 Å². The zero-order valence-electron chi connectivity index (χ0n) is 29.3. The topological polar surface area (TPSA) is 53.5 Å². The van der Waals surface area contributed by atoms with E-state index in [2.05, 4.69) is 69.0 Å². The summed E-state index contributed by atoms with van der Waals surface area (Å²) in [7, 11) is -3.55. The van der Waals surface area contributed by atoms with Gasteiger partial charge in [0.2, 0.25) is 10.0 Å². The van der Waals surface area contributed by atoms with E-state index in [1.54, 1.807) is 21.7 Å². The van der Waals surface area contributed by atoms with Crippen LogP contribution in [-0.2, 0) is 10.0 Å². The average Bonchev–Trinajstić information content (AvgIpc) is 3.48. The number of rotatable bonds is 25. The van der Waals surface area contributed by atoms with Gasteiger partial charge in [0.1, 0.15) is 5.01 Å². The van der Waals surface area contributed by atoms with Crippen molar-refractivity contribution in [1.29, 1.82) is 0 Å². The van der Waals surface area contributed by atoms with Crippen LogP contribution in [0.2, 0.25) is 0 Å². The van der Waals surface area contributed by atoms with E-state index in [4.69, 9.17) is 4.98 Å². The number of benzene rings is 2. The van der Waals surface area contributed by atoms with Gasteiger partial charge in [-0.3, -0.25) is 0 Å². The number of fused-ring (bicyclic) bond motifs is 1. The van der Waals surface area contributed by atoms with Crippen molar-refractivity contribution in [2.24, 2.45) is 0 Å². The molecule has 0 aliphatic carbocycles. The molecule has 0 bridgehead atoms. The molecule has 46 heavy (non-hydrogen) atoms. The lowest BCUT2D eigenvalue weighted by Crippen LogP contribution is -2.33. The number of sulfonamides is 1. The molecule has 1 heterocycles. The molecule has 2 aromatic carbocycles. The molecule has 0 saturated carbocycles. The van der Waals surface area contributed by atoms with Crippen molar-refractivity contribution in [1.82, 2.24) is 9.29 Å². The first-order chi connectivity index (χ1) is 22.4. The van der Waals surface area contributed by atoms with Crippen molar-refractivity contribution >= 4 is 49.4 Å². The first kappa shape index (κ1) is 38.2. The molecule has 0 spiro atoms. The molecule has 0 atom stereocenters. The fraction of sp³-hybridized carbons (Fsp3) is 0.615. The monoisotopic (exact) mass is 667 g/mol. The minimum absolute atomic E-state index is 0.384. The van der Waals surface area contributed by atoms with Gasteiger partial charge in [-0.1, -0.05) is 123 Å². The van der Waals surface area contributed by atoms with E-state index in [0.717, 1.165) is 85.2 Å². The van der Waals surface area contributed by atoms with Crippen LogP contribution in [0.15, 0.2) is 47.4 Å². The van der Waals surface area contributed by atoms with E-state index >= 15 is 0 Å². The number of aromatic nitrogens is 1. The van der Waals surface area contributed by atoms with Gasteiger partial charge < -0.3 is 4.90 Å². The Hall–Kier alpha value is -2.22. The molecule has 3 rings (SSSR count). The molecule has 0 N–H and O–H groups in total. The normalized spacial score (nSPS) is 12.2. The summed E-state index contributed by atoms with van der Waals surface area (Å²) in [6.07, 6.45) is 23.0. The molecular formula is C39H61N3O2S2. The summed E-state index contributed by atoms with van der Waals surface area (Å²) in [6, 6.07) is 14.3. The van der Waals surface area contributed by atoms with Crippen LogP contribution in [0, 0.1) is 0 Å². The molecule has 1 aromatic heterocycles. The zero-order chi connectivity index (χ0) is 33.0. The summed E-state index contributed by atoms with van der Waals surface area (Å²) >= 11 is 1.55. The Balaban J connectivity index is 1.70. The molecule has 5 nitrogen and oxygen atoms in total. The fourth-order valence-electron chi connectivity index (χ4n) is 5.88. The largest absolute Gasteiger partial charge is 0.372 e. The summed E-state index contributed by atoms with van der Waals surface area (Å²) in [5.74, 6) is 0. The van der Waals surface area contributed by atoms with E-state index in [1.165, 1.54) is 57.1 Å². The van der Waals surface area contributed by atoms with Gasteiger partial charge >= 0.3 is 0 Å². The molecule has 256 valence electrons. The maximum Gasteiger partial charge on any atom is 0.243 e. The number of hydrogen-bond acceptors (Lipinski definition) is 5. The Morgan fingerprint density at radius 1 is 0.630 bits per heavy atom. The van der Waals surface area contributed by atoms with Gasteiger partial charge in [0.25, 0.3) is 0 Å². The van der Waals surface area contributed by atoms with Crippen LogP contribution in [0.3, 0.4) is 0 Å². The third kappa shape index (κ3) is 12.8. The molecule has 0 saturated heterocycles. The zero-order valence-corrected chi connectivity index (χ0v) is 30.9. The maximum absolute atomic E-state index is 13.8. The number of anilines is 1. The van der Waals surface area contributed by atoms with E-state index in [-0.39, 0.29) is 0 Å². The Bertz CT molecular complexity index is 1360. The third-order valence-electron chi connectivity index (χ3n) is 8.78. The molecule has 0 radical (unpaired) electrons. The van der Waals surface area contributed by atoms with Crippen molar-refractivity contribution in [3.8, 4) is 0 Å². The molecule has 0 aliphatic rings. The number of thiazole rings is 1. The van der Waals surface area contributed by atoms with Crippen molar-refractivity contribution in [3.63, 3.8) is 0 Å². The highest BCUT2D eigenvalue weighted by molar-refractivity contribution is 7.89. The minimum atomic E-state index is -3.55. The molecule has 0 amide bonds. The number of hydrogen-bond donors (Lipinski definition) is 0. The molecule has 0 aliphatic heterocycles. The number of unbranched alkanes of at least 4 members (excludes halogenated alkanes) is 12. The van der Waals surface area contributed by atoms with Crippen molar-refractivity contribution < 1.29 is 8.42 Å². The molecular weight excluding hydrogens is 607 g/mol. The van der Waals surface area contributed by atoms with Gasteiger partial charge in [-0.15, -0.1) is 11.3 Å². The van der Waals surface area contributed by atoms with Crippen molar-refractivity contribution in [3.05, 3.63) is 53.0 Å². The fourth-order valence-corrected chi connectivity index (χ4v) is 8.41. The second kappa shape index (κ2) is 21.6. The quantitative estimate of drug-likeness (QED) is 0.0844. The summed E-state index contributed by atoms with van der Waals surface area (Å²) < 4.78 is 30.2. The lowest BCUT2D eigenvalue weighted by atomic mass is 10.1. The summed E-state index contributed by atoms with van der Waals surface area (Å²) in [4.78, 5) is 7.74. The molecule has 0 fully saturated rings. The Labute approximate surface area is 285 Å². The smallest absolute Gasteiger partial charge is 0.243 e. The summed E-state index contributed by atoms with van der Waals surface area (Å²) in [5, 5.41) is 0.887. The van der Waals surface area contributed by atoms with E-state index in [9.17, 15) is 8.42 Å². The van der Waals surface area contributed by atoms with Crippen molar-refractivity contribution in [2.45, 2.75) is 135 Å². The second-order valence-electron chi connectivity index (χ2n) is 12.7. The first-order valence-corrected chi connectivity index (χ1v) is 20.6. The third-order valence-corrected chi connectivity index (χ3v) is 11.7. The Morgan fingerprint density at radius 2 is 1.15 bits per heavy atom. The van der Waals surface area contributed by atoms with E-state index in [1.807, 2.05) is 12.1 Å². The molecule has 3 aromatic rings. The average molecular weight is 668 g/mol. The predicted octanol–water partition coefficient (Wildman–Crippen LogP) is 11.6. The standard InChI is InChI=1S/C39H61N3O2S2/c1-5-9-13-17-29-41(30-18-14-10-6-2)35-24-21-34(22-25-35)23-28-39-40-37-27-26-36(33-38(37)45-39)46(43,44)42(31-19-15-11-7-3)32-20-16-12-8-4/h21-28,33H,5-20,29-32H2,1-4H3. The van der Waals surface area contributed by atoms with Crippen LogP contribution in [0.4, 0.5) is 5.69 Å². The van der Waals surface area contributed by atoms with Crippen LogP contribution in [0.1, 0.15) is 141 Å². The highest BCUT2D eigenvalue weighted by atomic mass is 32.2. The van der Waals surface area contributed by atoms with Crippen LogP contribution in [-0.4, -0.2) is 43.9 Å². The van der Waals surface area contributed by atoms with E-state index in [0.29, 0.717) is 18.0 Å². The summed E-state index contributed by atoms with van der Waals surface area (Å²) in [6.45, 7) is 12.3. The van der Waals surface area contributed by atoms with Crippen LogP contribution in [0.25, 0.3) is 22.4 Å². The Kier molecular flexibility index (Phi) is 18.0. The predicted molar refractivity (Wildman–Crippen MR) is 203 cm³/mol. The lowest BCUT2D eigenvalue weighted by Gasteiger charge is -2.25. The second-order valence-corrected chi connectivity index (χ2v) is 15.7. The number of nitrogens with zero attached hydrogens (tertiary/aromatic N) is 3. The Morgan fingerprint density at radius 3 is 1.67 bits per heavy atom. The van der Waals surface area contributed by atoms with Gasteiger partial charge in [-0.25, -0.2) is 13.4 Å². The van der Waals surface area contributed by atoms with Gasteiger partial charge in [0.05, 0.1) is 15.1 Å². The van der Waals surface area contributed by atoms with Gasteiger partial charge in [-0.05, 0) is 67.7 Å². The van der Waals surface area contributed by atoms with E-state index < -0.39 is 10.0 Å². The summed E-state index contributed by atoms with van der Waals surface area (Å²) in [5.41, 5.74) is 3.30. The molecule has 7 heteroatoms. The SMILES string of the molecule is CCCCCCN(CCCCCC)c1ccc(C=Cc2nc3ccc(S(=O)(=O)N(CCCCCC)CCCCCC)cc3s2)cc1. The van der Waals surface area contributed by atoms with Gasteiger partial charge in [-0.2, -0.15) is 4.31 Å². The minimum Gasteiger partial charge on any atom is -0.372 e. The van der Waals surface area contributed by atoms with Crippen LogP contribution < -0.4 is 4.90 Å².